The van der Waals surface area contributed by atoms with Gasteiger partial charge in [0.15, 0.2) is 6.04 Å². The molecule has 31 heteroatoms. The summed E-state index contributed by atoms with van der Waals surface area (Å²) in [5.74, 6) is -4.79. The number of aliphatic carboxylic acids is 1. The summed E-state index contributed by atoms with van der Waals surface area (Å²) < 4.78 is 5.85. The van der Waals surface area contributed by atoms with E-state index >= 15 is 0 Å². The minimum absolute atomic E-state index is 0.00384. The smallest absolute Gasteiger partial charge is 0.326 e. The molecule has 7 aromatic heterocycles. The highest BCUT2D eigenvalue weighted by molar-refractivity contribution is 7.15. The molecular formula is C54H50N14O11S6. The predicted octanol–water partition coefficient (Wildman–Crippen LogP) is 5.57. The topological polar surface area (TPSA) is 355 Å². The number of ether oxygens (including phenoxy) is 1. The second-order valence-corrected chi connectivity index (χ2v) is 25.3. The van der Waals surface area contributed by atoms with Gasteiger partial charge in [-0.2, -0.15) is 0 Å². The number of pyridine rings is 1. The molecule has 11 rings (SSSR count). The Balaban J connectivity index is 0.961. The van der Waals surface area contributed by atoms with E-state index in [9.17, 15) is 48.9 Å². The molecule has 3 aliphatic rings. The highest BCUT2D eigenvalue weighted by Gasteiger charge is 2.40. The van der Waals surface area contributed by atoms with Crippen LogP contribution in [0.4, 0.5) is 0 Å². The zero-order chi connectivity index (χ0) is 59.6. The van der Waals surface area contributed by atoms with Crippen molar-refractivity contribution in [3.8, 4) is 43.4 Å². The molecule has 8 N–H and O–H groups in total. The number of amides is 6. The molecule has 10 bridgehead atoms. The number of nitrogens with zero attached hydrogens (tertiary/aromatic N) is 9. The lowest BCUT2D eigenvalue weighted by Crippen LogP contribution is -2.45. The van der Waals surface area contributed by atoms with Crippen molar-refractivity contribution in [3.05, 3.63) is 118 Å². The molecule has 0 spiro atoms. The molecule has 438 valence electrons. The van der Waals surface area contributed by atoms with Crippen LogP contribution in [0, 0.1) is 5.92 Å². The molecule has 0 aliphatic carbocycles. The van der Waals surface area contributed by atoms with Crippen LogP contribution in [0.1, 0.15) is 120 Å². The number of rotatable bonds is 10. The standard InChI is InChI=1S/C54H50N14O11S6/c1-23(2)38-52-67-40(35(16-69)85-52)45(75)56-15-37(71)65-41(42(72)24-8-5-4-6-9-24)51-64-33(22-84-51)50-60-29(18-81-50)39-25(47-61-30(19-80-47)43(73)58-27(14-36(70)55-3)49-62-31(20-82-49)44(74)66-38)11-12-26(57-39)48-63-32(21-83-48)46-59-28(17-79-46)53(76)68-13-7-10-34(68)54(77)78/h4-6,8-9,11-12,18-23,27-28,34,38,41-42,69,72H,7,10,13-17H2,1-3H3,(H,55,70)(H,56,75)(H,58,73)(H,65,71)(H,66,74)(H,77,78)/t27-,28+,34+,38+,41+,42+/m1/s1. The second kappa shape index (κ2) is 25.2. The molecule has 6 atom stereocenters. The summed E-state index contributed by atoms with van der Waals surface area (Å²) in [5, 5.41) is 56.2. The van der Waals surface area contributed by atoms with E-state index < -0.39 is 90.9 Å². The molecule has 1 aromatic carbocycles. The number of nitrogens with one attached hydrogen (secondary N) is 5. The molecule has 1 saturated heterocycles. The number of thiazole rings is 6. The fourth-order valence-electron chi connectivity index (χ4n) is 9.46. The summed E-state index contributed by atoms with van der Waals surface area (Å²) in [7, 11) is 1.45. The number of aliphatic hydroxyl groups is 2. The number of likely N-dealkylation sites (tertiary alicyclic amines) is 1. The summed E-state index contributed by atoms with van der Waals surface area (Å²) in [5.41, 5.74) is 2.67. The monoisotopic (exact) mass is 1260 g/mol. The van der Waals surface area contributed by atoms with Crippen LogP contribution in [0.2, 0.25) is 0 Å². The maximum Gasteiger partial charge on any atom is 0.326 e. The first kappa shape index (κ1) is 58.6. The van der Waals surface area contributed by atoms with Crippen molar-refractivity contribution in [3.63, 3.8) is 0 Å². The van der Waals surface area contributed by atoms with E-state index in [0.29, 0.717) is 84.0 Å². The van der Waals surface area contributed by atoms with Crippen LogP contribution < -0.4 is 26.6 Å². The third kappa shape index (κ3) is 12.5. The number of hydrogen-bond acceptors (Lipinski definition) is 24. The number of carboxylic acid groups (broad SMARTS) is 1. The van der Waals surface area contributed by atoms with Gasteiger partial charge in [0.2, 0.25) is 17.7 Å². The van der Waals surface area contributed by atoms with Crippen molar-refractivity contribution in [1.82, 2.24) is 66.4 Å². The van der Waals surface area contributed by atoms with Crippen LogP contribution in [0.5, 0.6) is 0 Å². The van der Waals surface area contributed by atoms with Crippen LogP contribution in [-0.2, 0) is 30.5 Å². The number of aliphatic imine (C=N–C) groups is 1. The van der Waals surface area contributed by atoms with Gasteiger partial charge in [-0.15, -0.1) is 68.0 Å². The van der Waals surface area contributed by atoms with Crippen molar-refractivity contribution in [1.29, 1.82) is 0 Å². The van der Waals surface area contributed by atoms with Crippen molar-refractivity contribution in [2.45, 2.75) is 76.0 Å². The van der Waals surface area contributed by atoms with Crippen molar-refractivity contribution in [2.75, 3.05) is 26.7 Å². The van der Waals surface area contributed by atoms with Crippen LogP contribution >= 0.6 is 68.0 Å². The van der Waals surface area contributed by atoms with Crippen LogP contribution in [0.15, 0.2) is 74.4 Å². The van der Waals surface area contributed by atoms with E-state index in [1.165, 1.54) is 51.3 Å². The van der Waals surface area contributed by atoms with E-state index in [2.05, 4.69) is 41.5 Å². The zero-order valence-corrected chi connectivity index (χ0v) is 49.9. The zero-order valence-electron chi connectivity index (χ0n) is 45.0. The molecule has 8 aromatic rings. The van der Waals surface area contributed by atoms with Crippen molar-refractivity contribution >= 4 is 115 Å². The minimum Gasteiger partial charge on any atom is -0.480 e. The summed E-state index contributed by atoms with van der Waals surface area (Å²) in [4.78, 5) is 134. The average molecular weight is 1260 g/mol. The Bertz CT molecular complexity index is 3910. The quantitative estimate of drug-likeness (QED) is 0.0829. The normalized spacial score (nSPS) is 19.7. The first-order valence-electron chi connectivity index (χ1n) is 26.3. The molecule has 0 unspecified atom stereocenters. The largest absolute Gasteiger partial charge is 0.480 e. The highest BCUT2D eigenvalue weighted by atomic mass is 32.1. The first-order valence-corrected chi connectivity index (χ1v) is 31.5. The van der Waals surface area contributed by atoms with Gasteiger partial charge in [-0.3, -0.25) is 28.8 Å². The van der Waals surface area contributed by atoms with Gasteiger partial charge >= 0.3 is 5.97 Å². The Hall–Kier alpha value is -8.17. The fourth-order valence-corrected chi connectivity index (χ4v) is 14.8. The Morgan fingerprint density at radius 2 is 1.39 bits per heavy atom. The molecule has 85 heavy (non-hydrogen) atoms. The number of carbonyl (C=O) groups is 7. The van der Waals surface area contributed by atoms with Gasteiger partial charge < -0.3 is 51.5 Å². The molecule has 6 amide bonds. The van der Waals surface area contributed by atoms with Crippen molar-refractivity contribution < 1.29 is 53.6 Å². The lowest BCUT2D eigenvalue weighted by atomic mass is 10.0. The van der Waals surface area contributed by atoms with E-state index in [4.69, 9.17) is 29.7 Å². The number of aliphatic hydroxyl groups excluding tert-OH is 2. The average Bonchev–Trinajstić information content (AvgIpc) is 3.42. The Morgan fingerprint density at radius 1 is 0.718 bits per heavy atom. The highest BCUT2D eigenvalue weighted by Crippen LogP contribution is 2.40. The lowest BCUT2D eigenvalue weighted by Gasteiger charge is -2.23. The summed E-state index contributed by atoms with van der Waals surface area (Å²) in [6.07, 6.45) is -0.618. The first-order chi connectivity index (χ1) is 41.0. The van der Waals surface area contributed by atoms with E-state index in [-0.39, 0.29) is 51.8 Å². The SMILES string of the molecule is CNC(=O)C[C@H]1NC(=O)c2csc(n2)-c2ccc(-c3nc(C4=N[C@H](C(=O)N5CCC[C@H]5C(=O)O)CO4)cs3)nc2-c2csc(n2)-c2csc(n2)[C@H]([C@@H](O)c2ccccc2)NC(=O)CNC(=O)c2nc(sc2CO)[C@H](C(C)C)NC(=O)c2csc1n2. The fraction of sp³-hybridized carbons (Fsp3) is 0.315. The van der Waals surface area contributed by atoms with Gasteiger partial charge in [0.05, 0.1) is 42.2 Å². The molecule has 1 fully saturated rings. The van der Waals surface area contributed by atoms with Gasteiger partial charge in [0.1, 0.15) is 94.7 Å². The maximum absolute atomic E-state index is 14.2. The second-order valence-electron chi connectivity index (χ2n) is 19.8. The number of aromatic nitrogens is 7. The number of benzene rings is 1. The molecule has 10 heterocycles. The number of carbonyl (C=O) groups excluding carboxylic acids is 6. The summed E-state index contributed by atoms with van der Waals surface area (Å²) >= 11 is 6.87. The Morgan fingerprint density at radius 3 is 2.15 bits per heavy atom. The predicted molar refractivity (Wildman–Crippen MR) is 316 cm³/mol. The number of carboxylic acids is 1. The maximum atomic E-state index is 14.2. The third-order valence-corrected chi connectivity index (χ3v) is 19.4. The molecule has 0 radical (unpaired) electrons. The van der Waals surface area contributed by atoms with Gasteiger partial charge in [0, 0.05) is 46.1 Å². The molecule has 3 aliphatic heterocycles. The summed E-state index contributed by atoms with van der Waals surface area (Å²) in [6.45, 7) is 2.76. The van der Waals surface area contributed by atoms with Gasteiger partial charge in [-0.25, -0.2) is 44.7 Å². The van der Waals surface area contributed by atoms with Crippen LogP contribution in [-0.4, -0.2) is 141 Å². The van der Waals surface area contributed by atoms with E-state index in [1.807, 2.05) is 13.8 Å². The Kier molecular flexibility index (Phi) is 17.4. The van der Waals surface area contributed by atoms with Gasteiger partial charge in [-0.05, 0) is 36.5 Å². The van der Waals surface area contributed by atoms with E-state index in [1.54, 1.807) is 64.0 Å². The minimum atomic E-state index is -1.30. The van der Waals surface area contributed by atoms with Gasteiger partial charge in [0.25, 0.3) is 23.6 Å². The van der Waals surface area contributed by atoms with E-state index in [0.717, 1.165) is 34.0 Å². The molecule has 0 saturated carbocycles. The van der Waals surface area contributed by atoms with Crippen LogP contribution in [0.25, 0.3) is 43.4 Å². The molecule has 25 nitrogen and oxygen atoms in total. The van der Waals surface area contributed by atoms with Crippen LogP contribution in [0.3, 0.4) is 0 Å². The third-order valence-electron chi connectivity index (χ3n) is 13.8. The lowest BCUT2D eigenvalue weighted by molar-refractivity contribution is -0.148. The Labute approximate surface area is 506 Å². The van der Waals surface area contributed by atoms with Gasteiger partial charge in [-0.1, -0.05) is 44.2 Å². The summed E-state index contributed by atoms with van der Waals surface area (Å²) in [6, 6.07) is 7.42. The van der Waals surface area contributed by atoms with Crippen molar-refractivity contribution in [2.24, 2.45) is 10.9 Å². The number of fused-ring (bicyclic) bond motifs is 14. The molecular weight excluding hydrogens is 1210 g/mol. The number of hydrogen-bond donors (Lipinski definition) is 8.